The van der Waals surface area contributed by atoms with Gasteiger partial charge in [0.25, 0.3) is 0 Å². The van der Waals surface area contributed by atoms with Crippen molar-refractivity contribution in [1.29, 1.82) is 0 Å². The minimum absolute atomic E-state index is 0.0998. The maximum absolute atomic E-state index is 11.5. The first-order valence-electron chi connectivity index (χ1n) is 20.2. The summed E-state index contributed by atoms with van der Waals surface area (Å²) in [5.74, 6) is 2.33. The number of aliphatic hydroxyl groups is 1. The molecular formula is C48H54N2O5. The van der Waals surface area contributed by atoms with E-state index in [0.717, 1.165) is 88.5 Å². The van der Waals surface area contributed by atoms with Gasteiger partial charge in [-0.15, -0.1) is 0 Å². The van der Waals surface area contributed by atoms with E-state index in [2.05, 4.69) is 108 Å². The number of hydrogen-bond donors (Lipinski definition) is 2. The molecule has 0 radical (unpaired) electrons. The third-order valence-corrected chi connectivity index (χ3v) is 12.8. The quantitative estimate of drug-likeness (QED) is 0.142. The number of carboxylic acid groups (broad SMARTS) is 1. The summed E-state index contributed by atoms with van der Waals surface area (Å²) in [6.07, 6.45) is 15.7. The molecule has 4 aromatic rings. The van der Waals surface area contributed by atoms with Crippen molar-refractivity contribution >= 4 is 11.7 Å². The van der Waals surface area contributed by atoms with Gasteiger partial charge in [0.1, 0.15) is 18.1 Å². The topological polar surface area (TPSA) is 82.5 Å². The molecule has 55 heavy (non-hydrogen) atoms. The summed E-state index contributed by atoms with van der Waals surface area (Å²) < 4.78 is 12.6. The van der Waals surface area contributed by atoms with E-state index < -0.39 is 5.97 Å². The zero-order chi connectivity index (χ0) is 37.8. The van der Waals surface area contributed by atoms with Crippen molar-refractivity contribution in [1.82, 2.24) is 4.90 Å². The molecule has 3 atom stereocenters. The third-order valence-electron chi connectivity index (χ3n) is 12.8. The summed E-state index contributed by atoms with van der Waals surface area (Å²) in [7, 11) is 0. The lowest BCUT2D eigenvalue weighted by atomic mass is 9.59. The Kier molecular flexibility index (Phi) is 11.1. The van der Waals surface area contributed by atoms with Crippen LogP contribution in [0.15, 0.2) is 115 Å². The molecule has 2 aliphatic carbocycles. The molecule has 2 heterocycles. The van der Waals surface area contributed by atoms with Gasteiger partial charge < -0.3 is 24.6 Å². The molecule has 0 spiro atoms. The number of aromatic carboxylic acids is 1. The smallest absolute Gasteiger partial charge is 0.336 e. The number of likely N-dealkylation sites (tertiary alicyclic amines) is 1. The van der Waals surface area contributed by atoms with Gasteiger partial charge in [-0.2, -0.15) is 0 Å². The Bertz CT molecular complexity index is 1990. The zero-order valence-electron chi connectivity index (χ0n) is 32.0. The first-order valence-corrected chi connectivity index (χ1v) is 20.2. The fraction of sp³-hybridized carbons (Fsp3) is 0.396. The normalized spacial score (nSPS) is 22.9. The SMILES string of the molecule is CC1([C@H]2CCc3cc(OCc4ccccc4)ccc3[C@H]2c2ccc(OCCC3CN(C4CCN(c5ccc(C(=O)O)c(CO)c5)CC4)C3)cc2)C=CC=CC1. The molecule has 4 aromatic carbocycles. The van der Waals surface area contributed by atoms with Gasteiger partial charge in [-0.1, -0.05) is 79.8 Å². The highest BCUT2D eigenvalue weighted by molar-refractivity contribution is 5.90. The number of hydrogen-bond acceptors (Lipinski definition) is 6. The first-order chi connectivity index (χ1) is 26.9. The maximum Gasteiger partial charge on any atom is 0.336 e. The number of anilines is 1. The van der Waals surface area contributed by atoms with Crippen LogP contribution >= 0.6 is 0 Å². The standard InChI is InChI=1S/C48H54N2O5/c1-48(23-6-3-7-24-48)45-19-12-37-29-42(55-33-34-8-4-2-5-9-34)16-18-43(37)46(45)36-10-14-41(15-11-36)54-27-22-35-30-50(31-35)39-20-25-49(26-21-39)40-13-17-44(47(52)53)38(28-40)32-51/h2-11,13-18,23,28-29,35,39,45-46,51H,12,19-22,24-27,30-33H2,1H3,(H,52,53)/t45-,46+,48?/m0/s1. The molecule has 1 unspecified atom stereocenters. The number of aryl methyl sites for hydroxylation is 1. The van der Waals surface area contributed by atoms with Gasteiger partial charge in [0.05, 0.1) is 18.8 Å². The minimum atomic E-state index is -1.000. The number of carboxylic acids is 1. The number of fused-ring (bicyclic) bond motifs is 1. The largest absolute Gasteiger partial charge is 0.494 e. The molecule has 7 nitrogen and oxygen atoms in total. The van der Waals surface area contributed by atoms with Crippen LogP contribution in [0.2, 0.25) is 0 Å². The number of piperidine rings is 1. The summed E-state index contributed by atoms with van der Waals surface area (Å²) in [6, 6.07) is 32.0. The monoisotopic (exact) mass is 738 g/mol. The summed E-state index contributed by atoms with van der Waals surface area (Å²) in [5, 5.41) is 19.1. The number of allylic oxidation sites excluding steroid dienone is 4. The van der Waals surface area contributed by atoms with Crippen LogP contribution in [0.3, 0.4) is 0 Å². The predicted molar refractivity (Wildman–Crippen MR) is 218 cm³/mol. The maximum atomic E-state index is 11.5. The Hall–Kier alpha value is -4.85. The van der Waals surface area contributed by atoms with Crippen LogP contribution in [-0.4, -0.2) is 59.9 Å². The van der Waals surface area contributed by atoms with Crippen molar-refractivity contribution in [2.75, 3.05) is 37.7 Å². The van der Waals surface area contributed by atoms with Gasteiger partial charge in [0.15, 0.2) is 0 Å². The van der Waals surface area contributed by atoms with Crippen LogP contribution in [0, 0.1) is 17.3 Å². The number of ether oxygens (including phenoxy) is 2. The van der Waals surface area contributed by atoms with Gasteiger partial charge in [-0.25, -0.2) is 4.79 Å². The highest BCUT2D eigenvalue weighted by Crippen LogP contribution is 2.52. The Labute approximate surface area is 325 Å². The molecule has 0 amide bonds. The molecule has 2 fully saturated rings. The van der Waals surface area contributed by atoms with E-state index in [1.165, 1.54) is 22.3 Å². The van der Waals surface area contributed by atoms with Crippen molar-refractivity contribution in [2.24, 2.45) is 17.3 Å². The number of aliphatic hydroxyl groups excluding tert-OH is 1. The second-order valence-corrected chi connectivity index (χ2v) is 16.3. The first kappa shape index (κ1) is 37.1. The summed E-state index contributed by atoms with van der Waals surface area (Å²) in [4.78, 5) is 16.4. The van der Waals surface area contributed by atoms with Crippen LogP contribution in [0.5, 0.6) is 11.5 Å². The van der Waals surface area contributed by atoms with Gasteiger partial charge >= 0.3 is 5.97 Å². The van der Waals surface area contributed by atoms with Crippen molar-refractivity contribution in [2.45, 2.75) is 70.6 Å². The molecule has 0 bridgehead atoms. The molecular weight excluding hydrogens is 685 g/mol. The molecule has 0 aromatic heterocycles. The molecule has 2 saturated heterocycles. The molecule has 286 valence electrons. The van der Waals surface area contributed by atoms with E-state index in [0.29, 0.717) is 36.0 Å². The third kappa shape index (κ3) is 8.24. The van der Waals surface area contributed by atoms with Crippen molar-refractivity contribution in [3.8, 4) is 11.5 Å². The fourth-order valence-electron chi connectivity index (χ4n) is 9.58. The van der Waals surface area contributed by atoms with Gasteiger partial charge in [0, 0.05) is 43.8 Å². The van der Waals surface area contributed by atoms with Crippen molar-refractivity contribution in [3.63, 3.8) is 0 Å². The second-order valence-electron chi connectivity index (χ2n) is 16.3. The average Bonchev–Trinajstić information content (AvgIpc) is 3.21. The highest BCUT2D eigenvalue weighted by Gasteiger charge is 2.41. The fourth-order valence-corrected chi connectivity index (χ4v) is 9.58. The zero-order valence-corrected chi connectivity index (χ0v) is 32.0. The Morgan fingerprint density at radius 2 is 1.65 bits per heavy atom. The van der Waals surface area contributed by atoms with Crippen LogP contribution in [-0.2, 0) is 19.6 Å². The number of nitrogens with zero attached hydrogens (tertiary/aromatic N) is 2. The average molecular weight is 739 g/mol. The lowest BCUT2D eigenvalue weighted by Gasteiger charge is -2.47. The van der Waals surface area contributed by atoms with Crippen LogP contribution in [0.1, 0.15) is 83.1 Å². The Balaban J connectivity index is 0.846. The van der Waals surface area contributed by atoms with Gasteiger partial charge in [-0.05, 0) is 126 Å². The van der Waals surface area contributed by atoms with E-state index >= 15 is 0 Å². The van der Waals surface area contributed by atoms with E-state index in [-0.39, 0.29) is 17.6 Å². The molecule has 0 saturated carbocycles. The molecule has 2 N–H and O–H groups in total. The van der Waals surface area contributed by atoms with E-state index in [1.807, 2.05) is 18.2 Å². The lowest BCUT2D eigenvalue weighted by molar-refractivity contribution is 0.0305. The highest BCUT2D eigenvalue weighted by atomic mass is 16.5. The van der Waals surface area contributed by atoms with Gasteiger partial charge in [0.2, 0.25) is 0 Å². The summed E-state index contributed by atoms with van der Waals surface area (Å²) in [6.45, 7) is 7.59. The van der Waals surface area contributed by atoms with Gasteiger partial charge in [-0.3, -0.25) is 4.90 Å². The lowest BCUT2D eigenvalue weighted by Crippen LogP contribution is -2.55. The number of rotatable bonds is 13. The van der Waals surface area contributed by atoms with E-state index in [1.54, 1.807) is 6.07 Å². The van der Waals surface area contributed by atoms with Crippen LogP contribution in [0.25, 0.3) is 0 Å². The summed E-state index contributed by atoms with van der Waals surface area (Å²) in [5.41, 5.74) is 7.09. The predicted octanol–water partition coefficient (Wildman–Crippen LogP) is 9.04. The molecule has 4 aliphatic rings. The van der Waals surface area contributed by atoms with E-state index in [9.17, 15) is 15.0 Å². The van der Waals surface area contributed by atoms with Crippen LogP contribution < -0.4 is 14.4 Å². The van der Waals surface area contributed by atoms with Crippen molar-refractivity contribution < 1.29 is 24.5 Å². The number of benzene rings is 4. The molecule has 7 heteroatoms. The minimum Gasteiger partial charge on any atom is -0.494 e. The Morgan fingerprint density at radius 3 is 2.38 bits per heavy atom. The molecule has 2 aliphatic heterocycles. The van der Waals surface area contributed by atoms with E-state index in [4.69, 9.17) is 9.47 Å². The number of carbonyl (C=O) groups is 1. The van der Waals surface area contributed by atoms with Crippen LogP contribution in [0.4, 0.5) is 5.69 Å². The Morgan fingerprint density at radius 1 is 0.873 bits per heavy atom. The second kappa shape index (κ2) is 16.5. The molecule has 8 rings (SSSR count). The summed E-state index contributed by atoms with van der Waals surface area (Å²) >= 11 is 0. The van der Waals surface area contributed by atoms with Crippen molar-refractivity contribution in [3.05, 3.63) is 149 Å².